The number of hydrogen-bond acceptors (Lipinski definition) is 6. The maximum atomic E-state index is 12.5. The molecule has 0 radical (unpaired) electrons. The normalized spacial score (nSPS) is 13.1. The van der Waals surface area contributed by atoms with Crippen LogP contribution in [-0.2, 0) is 30.8 Å². The zero-order valence-corrected chi connectivity index (χ0v) is 17.8. The third kappa shape index (κ3) is 7.86. The number of ether oxygens (including phenoxy) is 1. The van der Waals surface area contributed by atoms with Gasteiger partial charge < -0.3 is 9.84 Å². The van der Waals surface area contributed by atoms with Gasteiger partial charge >= 0.3 is 12.1 Å². The molecule has 0 amide bonds. The number of carboxylic acid groups (broad SMARTS) is 1. The zero-order valence-electron chi connectivity index (χ0n) is 15.5. The standard InChI is InChI=1S/C17H17Cl2F3O7S/c1-30(27,28)12-6-5-9(14(18)10(12)7-29-8-17(20,21)22)16(26)15(19)11(23)3-2-4-13(24)25/h5-6,15H,2-4,7-8H2,1H3,(H,24,25). The number of benzene rings is 1. The van der Waals surface area contributed by atoms with Crippen LogP contribution in [0.1, 0.15) is 35.2 Å². The molecule has 0 aliphatic rings. The summed E-state index contributed by atoms with van der Waals surface area (Å²) in [5, 5.41) is 6.33. The fourth-order valence-electron chi connectivity index (χ4n) is 2.37. The Morgan fingerprint density at radius 3 is 2.30 bits per heavy atom. The van der Waals surface area contributed by atoms with Crippen molar-refractivity contribution in [3.05, 3.63) is 28.3 Å². The number of carbonyl (C=O) groups excluding carboxylic acids is 2. The van der Waals surface area contributed by atoms with Crippen molar-refractivity contribution in [1.29, 1.82) is 0 Å². The van der Waals surface area contributed by atoms with E-state index in [1.165, 1.54) is 0 Å². The predicted molar refractivity (Wildman–Crippen MR) is 101 cm³/mol. The topological polar surface area (TPSA) is 115 Å². The summed E-state index contributed by atoms with van der Waals surface area (Å²) in [6.07, 6.45) is -4.54. The lowest BCUT2D eigenvalue weighted by Crippen LogP contribution is -2.26. The Bertz CT molecular complexity index is 930. The first-order chi connectivity index (χ1) is 13.6. The molecule has 1 aromatic rings. The van der Waals surface area contributed by atoms with Crippen molar-refractivity contribution in [2.24, 2.45) is 0 Å². The van der Waals surface area contributed by atoms with E-state index >= 15 is 0 Å². The van der Waals surface area contributed by atoms with Gasteiger partial charge in [0.25, 0.3) is 0 Å². The first kappa shape index (κ1) is 26.3. The highest BCUT2D eigenvalue weighted by Crippen LogP contribution is 2.31. The van der Waals surface area contributed by atoms with E-state index in [-0.39, 0.29) is 30.4 Å². The fraction of sp³-hybridized carbons (Fsp3) is 0.471. The summed E-state index contributed by atoms with van der Waals surface area (Å²) < 4.78 is 65.3. The molecule has 168 valence electrons. The van der Waals surface area contributed by atoms with E-state index in [9.17, 15) is 36.0 Å². The van der Waals surface area contributed by atoms with Crippen LogP contribution in [0.3, 0.4) is 0 Å². The predicted octanol–water partition coefficient (Wildman–Crippen LogP) is 3.44. The van der Waals surface area contributed by atoms with Crippen molar-refractivity contribution >= 4 is 50.6 Å². The van der Waals surface area contributed by atoms with Crippen LogP contribution in [0.5, 0.6) is 0 Å². The van der Waals surface area contributed by atoms with Crippen molar-refractivity contribution < 1.29 is 45.8 Å². The van der Waals surface area contributed by atoms with Gasteiger partial charge in [0, 0.05) is 30.2 Å². The lowest BCUT2D eigenvalue weighted by molar-refractivity contribution is -0.176. The van der Waals surface area contributed by atoms with E-state index in [0.717, 1.165) is 18.4 Å². The molecule has 0 fully saturated rings. The summed E-state index contributed by atoms with van der Waals surface area (Å²) >= 11 is 11.9. The molecule has 1 rings (SSSR count). The van der Waals surface area contributed by atoms with E-state index in [2.05, 4.69) is 4.74 Å². The van der Waals surface area contributed by atoms with Crippen molar-refractivity contribution in [3.63, 3.8) is 0 Å². The van der Waals surface area contributed by atoms with Gasteiger partial charge in [0.05, 0.1) is 16.5 Å². The van der Waals surface area contributed by atoms with Crippen LogP contribution in [0.25, 0.3) is 0 Å². The van der Waals surface area contributed by atoms with Gasteiger partial charge in [0.1, 0.15) is 6.61 Å². The first-order valence-electron chi connectivity index (χ1n) is 8.24. The molecule has 13 heteroatoms. The number of alkyl halides is 4. The molecule has 1 unspecified atom stereocenters. The minimum Gasteiger partial charge on any atom is -0.481 e. The minimum absolute atomic E-state index is 0.0536. The molecule has 1 aromatic carbocycles. The van der Waals surface area contributed by atoms with E-state index in [4.69, 9.17) is 28.3 Å². The number of ketones is 2. The van der Waals surface area contributed by atoms with Crippen LogP contribution in [0, 0.1) is 0 Å². The second-order valence-electron chi connectivity index (χ2n) is 6.22. The Morgan fingerprint density at radius 1 is 1.20 bits per heavy atom. The van der Waals surface area contributed by atoms with Gasteiger partial charge in [-0.05, 0) is 18.6 Å². The van der Waals surface area contributed by atoms with E-state index in [0.29, 0.717) is 0 Å². The maximum Gasteiger partial charge on any atom is 0.411 e. The average Bonchev–Trinajstić information content (AvgIpc) is 2.59. The van der Waals surface area contributed by atoms with Gasteiger partial charge in [-0.15, -0.1) is 11.6 Å². The number of hydrogen-bond donors (Lipinski definition) is 1. The summed E-state index contributed by atoms with van der Waals surface area (Å²) in [6.45, 7) is -2.54. The van der Waals surface area contributed by atoms with Gasteiger partial charge in [-0.2, -0.15) is 13.2 Å². The lowest BCUT2D eigenvalue weighted by atomic mass is 10.0. The summed E-state index contributed by atoms with van der Waals surface area (Å²) in [6, 6.07) is 1.95. The van der Waals surface area contributed by atoms with Crippen molar-refractivity contribution in [2.45, 2.75) is 42.3 Å². The number of rotatable bonds is 11. The molecule has 0 aliphatic heterocycles. The highest BCUT2D eigenvalue weighted by Gasteiger charge is 2.31. The SMILES string of the molecule is CS(=O)(=O)c1ccc(C(=O)C(Cl)C(=O)CCCC(=O)O)c(Cl)c1COCC(F)(F)F. The lowest BCUT2D eigenvalue weighted by Gasteiger charge is -2.16. The smallest absolute Gasteiger partial charge is 0.411 e. The number of aliphatic carboxylic acids is 1. The zero-order chi connectivity index (χ0) is 23.3. The molecule has 0 aromatic heterocycles. The molecule has 0 saturated carbocycles. The first-order valence-corrected chi connectivity index (χ1v) is 10.9. The van der Waals surface area contributed by atoms with E-state index in [1.807, 2.05) is 0 Å². The van der Waals surface area contributed by atoms with Crippen LogP contribution < -0.4 is 0 Å². The van der Waals surface area contributed by atoms with Gasteiger partial charge in [-0.1, -0.05) is 11.6 Å². The molecule has 30 heavy (non-hydrogen) atoms. The molecule has 0 bridgehead atoms. The van der Waals surface area contributed by atoms with Crippen molar-refractivity contribution in [3.8, 4) is 0 Å². The van der Waals surface area contributed by atoms with Gasteiger partial charge in [0.15, 0.2) is 26.8 Å². The molecule has 0 aliphatic carbocycles. The third-order valence-electron chi connectivity index (χ3n) is 3.70. The van der Waals surface area contributed by atoms with Crippen LogP contribution in [-0.4, -0.2) is 55.5 Å². The highest BCUT2D eigenvalue weighted by molar-refractivity contribution is 7.90. The molecule has 1 N–H and O–H groups in total. The Kier molecular flexibility index (Phi) is 9.27. The molecular weight excluding hydrogens is 476 g/mol. The minimum atomic E-state index is -4.67. The second-order valence-corrected chi connectivity index (χ2v) is 9.02. The molecule has 0 heterocycles. The highest BCUT2D eigenvalue weighted by atomic mass is 35.5. The molecule has 0 spiro atoms. The summed E-state index contributed by atoms with van der Waals surface area (Å²) in [5.41, 5.74) is -0.752. The van der Waals surface area contributed by atoms with Crippen LogP contribution in [0.4, 0.5) is 13.2 Å². The van der Waals surface area contributed by atoms with Gasteiger partial charge in [0.2, 0.25) is 0 Å². The number of Topliss-reactive ketones (excluding diaryl/α,β-unsaturated/α-hetero) is 2. The Balaban J connectivity index is 3.18. The summed E-state index contributed by atoms with van der Waals surface area (Å²) in [4.78, 5) is 34.6. The Morgan fingerprint density at radius 2 is 1.80 bits per heavy atom. The summed E-state index contributed by atoms with van der Waals surface area (Å²) in [5.74, 6) is -2.91. The number of sulfone groups is 1. The van der Waals surface area contributed by atoms with Crippen molar-refractivity contribution in [1.82, 2.24) is 0 Å². The third-order valence-corrected chi connectivity index (χ3v) is 5.76. The van der Waals surface area contributed by atoms with Gasteiger partial charge in [-0.25, -0.2) is 8.42 Å². The number of carboxylic acids is 1. The van der Waals surface area contributed by atoms with Gasteiger partial charge in [-0.3, -0.25) is 14.4 Å². The Hall–Kier alpha value is -1.69. The largest absolute Gasteiger partial charge is 0.481 e. The maximum absolute atomic E-state index is 12.5. The molecule has 1 atom stereocenters. The molecular formula is C17H17Cl2F3O7S. The fourth-order valence-corrected chi connectivity index (χ4v) is 3.89. The quantitative estimate of drug-likeness (QED) is 0.285. The van der Waals surface area contributed by atoms with E-state index < -0.39 is 62.1 Å². The van der Waals surface area contributed by atoms with E-state index in [1.54, 1.807) is 0 Å². The summed E-state index contributed by atoms with van der Waals surface area (Å²) in [7, 11) is -3.93. The van der Waals surface area contributed by atoms with Crippen LogP contribution in [0.2, 0.25) is 5.02 Å². The van der Waals surface area contributed by atoms with Crippen molar-refractivity contribution in [2.75, 3.05) is 12.9 Å². The Labute approximate surface area is 180 Å². The molecule has 7 nitrogen and oxygen atoms in total. The van der Waals surface area contributed by atoms with Crippen LogP contribution in [0.15, 0.2) is 17.0 Å². The van der Waals surface area contributed by atoms with Crippen LogP contribution >= 0.6 is 23.2 Å². The second kappa shape index (κ2) is 10.6. The number of halogens is 5. The molecule has 0 saturated heterocycles. The average molecular weight is 493 g/mol. The number of carbonyl (C=O) groups is 3. The monoisotopic (exact) mass is 492 g/mol.